The van der Waals surface area contributed by atoms with Crippen LogP contribution in [0.15, 0.2) is 97.1 Å². The molecule has 0 spiro atoms. The van der Waals surface area contributed by atoms with Gasteiger partial charge in [-0.2, -0.15) is 0 Å². The Morgan fingerprint density at radius 2 is 0.891 bits per heavy atom. The first-order valence-corrected chi connectivity index (χ1v) is 16.2. The Hall–Kier alpha value is -4.04. The van der Waals surface area contributed by atoms with Crippen LogP contribution < -0.4 is 20.1 Å². The van der Waals surface area contributed by atoms with Gasteiger partial charge in [0.1, 0.15) is 36.9 Å². The van der Waals surface area contributed by atoms with Gasteiger partial charge in [-0.05, 0) is 70.8 Å². The summed E-state index contributed by atoms with van der Waals surface area (Å²) in [5.74, 6) is 1.74. The smallest absolute Gasteiger partial charge is 0.119 e. The molecule has 242 valence electrons. The minimum Gasteiger partial charge on any atom is -0.491 e. The molecule has 0 bridgehead atoms. The predicted molar refractivity (Wildman–Crippen MR) is 183 cm³/mol. The Kier molecular flexibility index (Phi) is 9.54. The van der Waals surface area contributed by atoms with Crippen LogP contribution >= 0.6 is 0 Å². The lowest BCUT2D eigenvalue weighted by Gasteiger charge is -2.27. The molecule has 0 aromatic heterocycles. The summed E-state index contributed by atoms with van der Waals surface area (Å²) in [7, 11) is 0. The van der Waals surface area contributed by atoms with E-state index in [1.807, 2.05) is 24.3 Å². The van der Waals surface area contributed by atoms with Crippen LogP contribution in [0.4, 0.5) is 11.4 Å². The van der Waals surface area contributed by atoms with E-state index in [0.717, 1.165) is 36.1 Å². The second-order valence-electron chi connectivity index (χ2n) is 13.4. The first-order valence-electron chi connectivity index (χ1n) is 16.2. The molecule has 3 N–H and O–H groups in total. The molecule has 7 heteroatoms. The molecule has 0 amide bonds. The average molecular weight is 623 g/mol. The van der Waals surface area contributed by atoms with Gasteiger partial charge < -0.3 is 34.7 Å². The average Bonchev–Trinajstić information content (AvgIpc) is 4.01. The van der Waals surface area contributed by atoms with Crippen molar-refractivity contribution < 1.29 is 24.1 Å². The molecule has 4 aromatic rings. The van der Waals surface area contributed by atoms with E-state index >= 15 is 0 Å². The third kappa shape index (κ3) is 8.21. The van der Waals surface area contributed by atoms with Crippen LogP contribution in [-0.4, -0.2) is 62.9 Å². The summed E-state index contributed by atoms with van der Waals surface area (Å²) in [4.78, 5) is 0. The van der Waals surface area contributed by atoms with Gasteiger partial charge >= 0.3 is 0 Å². The SMILES string of the molecule is CC(C)(c1ccc(NCC(O)CNc2ccc(C(C)(C)c3ccc(OCC4CO4)cc3)cc2)cc1)c1ccc(OCC2CO2)cc1. The topological polar surface area (TPSA) is 87.8 Å². The number of aliphatic hydroxyl groups excluding tert-OH is 1. The monoisotopic (exact) mass is 622 g/mol. The zero-order valence-corrected chi connectivity index (χ0v) is 27.3. The highest BCUT2D eigenvalue weighted by Gasteiger charge is 2.26. The summed E-state index contributed by atoms with van der Waals surface area (Å²) < 4.78 is 22.0. The maximum absolute atomic E-state index is 10.7. The molecule has 7 nitrogen and oxygen atoms in total. The van der Waals surface area contributed by atoms with Crippen molar-refractivity contribution in [2.75, 3.05) is 50.2 Å². The predicted octanol–water partition coefficient (Wildman–Crippen LogP) is 6.78. The third-order valence-corrected chi connectivity index (χ3v) is 9.13. The normalized spacial score (nSPS) is 18.0. The lowest BCUT2D eigenvalue weighted by molar-refractivity contribution is 0.201. The summed E-state index contributed by atoms with van der Waals surface area (Å²) in [5, 5.41) is 17.4. The van der Waals surface area contributed by atoms with Crippen LogP contribution in [0.25, 0.3) is 0 Å². The third-order valence-electron chi connectivity index (χ3n) is 9.13. The lowest BCUT2D eigenvalue weighted by Crippen LogP contribution is -2.27. The standard InChI is InChI=1S/C39H46N2O5/c1-38(2,29-9-17-34(18-10-29)43-23-36-25-45-36)27-5-13-31(14-6-27)40-21-33(42)22-41-32-15-7-28(8-16-32)39(3,4)30-11-19-35(20-12-30)44-24-37-26-46-37/h5-20,33,36-37,40-42H,21-26H2,1-4H3. The fraction of sp³-hybridized carbons (Fsp3) is 0.385. The second-order valence-corrected chi connectivity index (χ2v) is 13.4. The Bertz CT molecular complexity index is 1420. The zero-order valence-electron chi connectivity index (χ0n) is 27.3. The van der Waals surface area contributed by atoms with Crippen molar-refractivity contribution >= 4 is 11.4 Å². The van der Waals surface area contributed by atoms with E-state index in [1.165, 1.54) is 22.3 Å². The molecule has 2 aliphatic rings. The number of epoxide rings is 2. The Morgan fingerprint density at radius 3 is 1.20 bits per heavy atom. The maximum atomic E-state index is 10.7. The largest absolute Gasteiger partial charge is 0.491 e. The minimum atomic E-state index is -0.549. The van der Waals surface area contributed by atoms with Gasteiger partial charge in [-0.3, -0.25) is 0 Å². The van der Waals surface area contributed by atoms with Crippen LogP contribution in [0.5, 0.6) is 11.5 Å². The van der Waals surface area contributed by atoms with E-state index in [9.17, 15) is 5.11 Å². The van der Waals surface area contributed by atoms with Gasteiger partial charge in [0, 0.05) is 35.3 Å². The molecule has 4 aromatic carbocycles. The highest BCUT2D eigenvalue weighted by atomic mass is 16.6. The number of aliphatic hydroxyl groups is 1. The van der Waals surface area contributed by atoms with Crippen LogP contribution in [0.1, 0.15) is 49.9 Å². The van der Waals surface area contributed by atoms with Crippen molar-refractivity contribution in [2.45, 2.75) is 56.8 Å². The van der Waals surface area contributed by atoms with Crippen molar-refractivity contribution in [3.8, 4) is 11.5 Å². The summed E-state index contributed by atoms with van der Waals surface area (Å²) in [5.41, 5.74) is 6.53. The maximum Gasteiger partial charge on any atom is 0.119 e. The second kappa shape index (κ2) is 13.8. The summed E-state index contributed by atoms with van der Waals surface area (Å²) >= 11 is 0. The van der Waals surface area contributed by atoms with E-state index < -0.39 is 6.10 Å². The van der Waals surface area contributed by atoms with E-state index in [2.05, 4.69) is 111 Å². The van der Waals surface area contributed by atoms with Crippen molar-refractivity contribution in [1.82, 2.24) is 0 Å². The molecule has 6 rings (SSSR count). The Balaban J connectivity index is 0.952. The Morgan fingerprint density at radius 1 is 0.587 bits per heavy atom. The van der Waals surface area contributed by atoms with Crippen molar-refractivity contribution in [3.05, 3.63) is 119 Å². The number of rotatable bonds is 16. The highest BCUT2D eigenvalue weighted by molar-refractivity contribution is 5.50. The van der Waals surface area contributed by atoms with Crippen molar-refractivity contribution in [3.63, 3.8) is 0 Å². The molecule has 0 aliphatic carbocycles. The molecular weight excluding hydrogens is 576 g/mol. The molecule has 2 heterocycles. The Labute approximate surface area is 272 Å². The summed E-state index contributed by atoms with van der Waals surface area (Å²) in [6, 6.07) is 33.6. The molecule has 2 unspecified atom stereocenters. The van der Waals surface area contributed by atoms with Crippen LogP contribution in [0, 0.1) is 0 Å². The fourth-order valence-electron chi connectivity index (χ4n) is 5.53. The first-order chi connectivity index (χ1) is 22.2. The van der Waals surface area contributed by atoms with Crippen molar-refractivity contribution in [2.24, 2.45) is 0 Å². The first kappa shape index (κ1) is 31.9. The molecule has 46 heavy (non-hydrogen) atoms. The molecule has 2 atom stereocenters. The molecule has 2 aliphatic heterocycles. The molecular formula is C39H46N2O5. The molecule has 2 saturated heterocycles. The molecule has 0 radical (unpaired) electrons. The van der Waals surface area contributed by atoms with E-state index in [4.69, 9.17) is 18.9 Å². The van der Waals surface area contributed by atoms with Crippen LogP contribution in [-0.2, 0) is 20.3 Å². The van der Waals surface area contributed by atoms with Gasteiger partial charge in [0.15, 0.2) is 0 Å². The van der Waals surface area contributed by atoms with Crippen molar-refractivity contribution in [1.29, 1.82) is 0 Å². The van der Waals surface area contributed by atoms with E-state index in [1.54, 1.807) is 0 Å². The summed E-state index contributed by atoms with van der Waals surface area (Å²) in [6.45, 7) is 12.6. The number of hydrogen-bond acceptors (Lipinski definition) is 7. The number of benzene rings is 4. The van der Waals surface area contributed by atoms with E-state index in [0.29, 0.717) is 26.3 Å². The van der Waals surface area contributed by atoms with Gasteiger partial charge in [0.05, 0.1) is 19.3 Å². The minimum absolute atomic E-state index is 0.157. The molecule has 2 fully saturated rings. The summed E-state index contributed by atoms with van der Waals surface area (Å²) in [6.07, 6.45) is -0.0485. The van der Waals surface area contributed by atoms with Crippen LogP contribution in [0.2, 0.25) is 0 Å². The number of hydrogen-bond donors (Lipinski definition) is 3. The van der Waals surface area contributed by atoms with Gasteiger partial charge in [-0.15, -0.1) is 0 Å². The number of anilines is 2. The number of ether oxygens (including phenoxy) is 4. The van der Waals surface area contributed by atoms with Gasteiger partial charge in [-0.25, -0.2) is 0 Å². The highest BCUT2D eigenvalue weighted by Crippen LogP contribution is 2.34. The number of nitrogens with one attached hydrogen (secondary N) is 2. The zero-order chi connectivity index (χ0) is 32.1. The van der Waals surface area contributed by atoms with Gasteiger partial charge in [0.2, 0.25) is 0 Å². The lowest BCUT2D eigenvalue weighted by atomic mass is 9.78. The molecule has 0 saturated carbocycles. The van der Waals surface area contributed by atoms with Gasteiger partial charge in [-0.1, -0.05) is 76.2 Å². The van der Waals surface area contributed by atoms with Crippen LogP contribution in [0.3, 0.4) is 0 Å². The van der Waals surface area contributed by atoms with Gasteiger partial charge in [0.25, 0.3) is 0 Å². The van der Waals surface area contributed by atoms with E-state index in [-0.39, 0.29) is 23.0 Å². The quantitative estimate of drug-likeness (QED) is 0.119. The fourth-order valence-corrected chi connectivity index (χ4v) is 5.53.